The lowest BCUT2D eigenvalue weighted by Gasteiger charge is -2.36. The summed E-state index contributed by atoms with van der Waals surface area (Å²) in [5.74, 6) is 0.304. The predicted molar refractivity (Wildman–Crippen MR) is 154 cm³/mol. The smallest absolute Gasteiger partial charge is 0.253 e. The van der Waals surface area contributed by atoms with Crippen LogP contribution in [0, 0.1) is 19.8 Å². The van der Waals surface area contributed by atoms with Crippen LogP contribution in [0.4, 0.5) is 0 Å². The Morgan fingerprint density at radius 3 is 2.42 bits per heavy atom. The van der Waals surface area contributed by atoms with Gasteiger partial charge in [-0.25, -0.2) is 9.67 Å². The Labute approximate surface area is 235 Å². The molecule has 2 N–H and O–H groups in total. The summed E-state index contributed by atoms with van der Waals surface area (Å²) in [4.78, 5) is 51.3. The Hall–Kier alpha value is -3.53. The van der Waals surface area contributed by atoms with Gasteiger partial charge in [0.05, 0.1) is 17.1 Å². The lowest BCUT2D eigenvalue weighted by Crippen LogP contribution is -2.44. The van der Waals surface area contributed by atoms with Gasteiger partial charge in [-0.3, -0.25) is 14.4 Å². The molecule has 214 valence electrons. The predicted octanol–water partition coefficient (Wildman–Crippen LogP) is 3.30. The van der Waals surface area contributed by atoms with E-state index in [9.17, 15) is 14.4 Å². The van der Waals surface area contributed by atoms with Crippen LogP contribution in [-0.4, -0.2) is 74.6 Å². The van der Waals surface area contributed by atoms with E-state index in [1.54, 1.807) is 6.20 Å². The van der Waals surface area contributed by atoms with Crippen LogP contribution in [0.1, 0.15) is 84.4 Å². The van der Waals surface area contributed by atoms with Crippen LogP contribution in [-0.2, 0) is 11.3 Å². The van der Waals surface area contributed by atoms with Gasteiger partial charge < -0.3 is 20.1 Å². The topological polar surface area (TPSA) is 116 Å². The molecule has 0 bridgehead atoms. The maximum absolute atomic E-state index is 13.5. The van der Waals surface area contributed by atoms with Gasteiger partial charge in [0.25, 0.3) is 11.5 Å². The molecular weight excluding hydrogens is 506 g/mol. The largest absolute Gasteiger partial charge is 0.348 e. The third-order valence-electron chi connectivity index (χ3n) is 8.53. The van der Waals surface area contributed by atoms with Crippen molar-refractivity contribution in [1.29, 1.82) is 0 Å². The summed E-state index contributed by atoms with van der Waals surface area (Å²) in [6.45, 7) is 11.3. The number of nitrogens with zero attached hydrogens (tertiary/aromatic N) is 5. The number of carbonyl (C=O) groups excluding carboxylic acids is 2. The molecule has 3 aromatic heterocycles. The van der Waals surface area contributed by atoms with Crippen molar-refractivity contribution >= 4 is 22.8 Å². The Bertz CT molecular complexity index is 1460. The monoisotopic (exact) mass is 547 g/mol. The number of hydrogen-bond acceptors (Lipinski definition) is 6. The van der Waals surface area contributed by atoms with Crippen LogP contribution < -0.4 is 10.9 Å². The Balaban J connectivity index is 1.36. The summed E-state index contributed by atoms with van der Waals surface area (Å²) >= 11 is 0. The van der Waals surface area contributed by atoms with E-state index < -0.39 is 0 Å². The fraction of sp³-hybridized carbons (Fsp3) is 0.567. The van der Waals surface area contributed by atoms with Crippen molar-refractivity contribution in [3.63, 3.8) is 0 Å². The maximum Gasteiger partial charge on any atom is 0.253 e. The molecule has 40 heavy (non-hydrogen) atoms. The molecule has 10 heteroatoms. The van der Waals surface area contributed by atoms with Gasteiger partial charge in [-0.15, -0.1) is 0 Å². The highest BCUT2D eigenvalue weighted by Crippen LogP contribution is 2.32. The van der Waals surface area contributed by atoms with E-state index >= 15 is 0 Å². The van der Waals surface area contributed by atoms with Crippen LogP contribution in [0.2, 0.25) is 0 Å². The number of hydrogen-bond donors (Lipinski definition) is 2. The van der Waals surface area contributed by atoms with Gasteiger partial charge in [-0.1, -0.05) is 0 Å². The number of rotatable bonds is 6. The highest BCUT2D eigenvalue weighted by molar-refractivity contribution is 6.05. The van der Waals surface area contributed by atoms with E-state index in [-0.39, 0.29) is 41.8 Å². The lowest BCUT2D eigenvalue weighted by molar-refractivity contribution is -0.138. The highest BCUT2D eigenvalue weighted by Gasteiger charge is 2.31. The molecule has 3 aromatic rings. The van der Waals surface area contributed by atoms with E-state index in [0.29, 0.717) is 35.2 Å². The van der Waals surface area contributed by atoms with Gasteiger partial charge in [-0.05, 0) is 91.2 Å². The number of fused-ring (bicyclic) bond motifs is 1. The quantitative estimate of drug-likeness (QED) is 0.489. The SMILES string of the molecule is Cc1cc(C)c(CNC(=O)c2cc(C3CCN(C(=O)C4CCN(C)CC4)CC3)nc3c2cnn3C(C)C)c(=O)[nH]1. The second-order valence-electron chi connectivity index (χ2n) is 11.8. The summed E-state index contributed by atoms with van der Waals surface area (Å²) in [6.07, 6.45) is 5.18. The van der Waals surface area contributed by atoms with E-state index in [0.717, 1.165) is 55.7 Å². The first-order valence-electron chi connectivity index (χ1n) is 14.5. The van der Waals surface area contributed by atoms with E-state index in [1.165, 1.54) is 0 Å². The molecule has 0 radical (unpaired) electrons. The molecule has 2 aliphatic heterocycles. The van der Waals surface area contributed by atoms with E-state index in [4.69, 9.17) is 4.98 Å². The molecule has 2 saturated heterocycles. The molecule has 5 heterocycles. The number of carbonyl (C=O) groups is 2. The van der Waals surface area contributed by atoms with Gasteiger partial charge >= 0.3 is 0 Å². The third-order valence-corrected chi connectivity index (χ3v) is 8.53. The van der Waals surface area contributed by atoms with Gasteiger partial charge in [0.15, 0.2) is 5.65 Å². The Morgan fingerprint density at radius 1 is 1.07 bits per heavy atom. The lowest BCUT2D eigenvalue weighted by atomic mass is 9.89. The van der Waals surface area contributed by atoms with E-state index in [1.807, 2.05) is 49.4 Å². The van der Waals surface area contributed by atoms with Crippen molar-refractivity contribution in [3.8, 4) is 0 Å². The molecule has 2 amide bonds. The normalized spacial score (nSPS) is 17.6. The number of aromatic nitrogens is 4. The molecule has 2 fully saturated rings. The van der Waals surface area contributed by atoms with Gasteiger partial charge in [-0.2, -0.15) is 5.10 Å². The number of aromatic amines is 1. The molecular formula is C30H41N7O3. The van der Waals surface area contributed by atoms with Crippen LogP contribution >= 0.6 is 0 Å². The first kappa shape index (κ1) is 28.0. The molecule has 0 unspecified atom stereocenters. The van der Waals surface area contributed by atoms with Crippen LogP contribution in [0.15, 0.2) is 23.1 Å². The third kappa shape index (κ3) is 5.68. The minimum Gasteiger partial charge on any atom is -0.348 e. The van der Waals surface area contributed by atoms with Gasteiger partial charge in [0.1, 0.15) is 0 Å². The molecule has 5 rings (SSSR count). The number of aryl methyl sites for hydroxylation is 2. The molecule has 0 aliphatic carbocycles. The average Bonchev–Trinajstić information content (AvgIpc) is 3.36. The second-order valence-corrected chi connectivity index (χ2v) is 11.8. The van der Waals surface area contributed by atoms with E-state index in [2.05, 4.69) is 27.3 Å². The number of amides is 2. The van der Waals surface area contributed by atoms with Crippen molar-refractivity contribution in [1.82, 2.24) is 34.9 Å². The number of H-pyrrole nitrogens is 1. The van der Waals surface area contributed by atoms with Crippen molar-refractivity contribution in [2.45, 2.75) is 71.9 Å². The summed E-state index contributed by atoms with van der Waals surface area (Å²) in [7, 11) is 2.11. The van der Waals surface area contributed by atoms with Gasteiger partial charge in [0, 0.05) is 54.5 Å². The summed E-state index contributed by atoms with van der Waals surface area (Å²) in [5, 5.41) is 8.19. The standard InChI is InChI=1S/C30H41N7O3/c1-18(2)37-27-25(17-32-37)23(28(38)31-16-24-19(3)14-20(4)33-29(24)39)15-26(34-27)21-8-12-36(13-9-21)30(40)22-6-10-35(5)11-7-22/h14-15,17-18,21-22H,6-13,16H2,1-5H3,(H,31,38)(H,33,39). The zero-order valence-electron chi connectivity index (χ0n) is 24.3. The first-order chi connectivity index (χ1) is 19.1. The van der Waals surface area contributed by atoms with Gasteiger partial charge in [0.2, 0.25) is 5.91 Å². The minimum atomic E-state index is -0.258. The molecule has 0 atom stereocenters. The second kappa shape index (κ2) is 11.5. The molecule has 2 aliphatic rings. The fourth-order valence-corrected chi connectivity index (χ4v) is 6.09. The highest BCUT2D eigenvalue weighted by atomic mass is 16.2. The Kier molecular flexibility index (Phi) is 8.07. The Morgan fingerprint density at radius 2 is 1.77 bits per heavy atom. The van der Waals surface area contributed by atoms with Crippen LogP contribution in [0.25, 0.3) is 11.0 Å². The maximum atomic E-state index is 13.5. The van der Waals surface area contributed by atoms with Crippen LogP contribution in [0.5, 0.6) is 0 Å². The fourth-order valence-electron chi connectivity index (χ4n) is 6.09. The number of nitrogens with one attached hydrogen (secondary N) is 2. The molecule has 10 nitrogen and oxygen atoms in total. The molecule has 0 spiro atoms. The van der Waals surface area contributed by atoms with Crippen molar-refractivity contribution in [2.75, 3.05) is 33.2 Å². The average molecular weight is 548 g/mol. The molecule has 0 saturated carbocycles. The van der Waals surface area contributed by atoms with Crippen molar-refractivity contribution < 1.29 is 9.59 Å². The zero-order chi connectivity index (χ0) is 28.6. The summed E-state index contributed by atoms with van der Waals surface area (Å²) < 4.78 is 1.85. The van der Waals surface area contributed by atoms with Crippen molar-refractivity contribution in [2.24, 2.45) is 5.92 Å². The minimum absolute atomic E-state index is 0.0823. The first-order valence-corrected chi connectivity index (χ1v) is 14.5. The summed E-state index contributed by atoms with van der Waals surface area (Å²) in [5.41, 5.74) is 4.05. The number of pyridine rings is 2. The number of piperidine rings is 2. The molecule has 0 aromatic carbocycles. The zero-order valence-corrected chi connectivity index (χ0v) is 24.3. The van der Waals surface area contributed by atoms with Crippen molar-refractivity contribution in [3.05, 3.63) is 56.8 Å². The number of likely N-dealkylation sites (tertiary alicyclic amines) is 2. The summed E-state index contributed by atoms with van der Waals surface area (Å²) in [6, 6.07) is 3.87. The van der Waals surface area contributed by atoms with Crippen LogP contribution in [0.3, 0.4) is 0 Å².